The van der Waals surface area contributed by atoms with E-state index in [1.165, 1.54) is 0 Å². The first-order valence-corrected chi connectivity index (χ1v) is 7.18. The minimum absolute atomic E-state index is 0. The number of nitrogens with zero attached hydrogens (tertiary/aromatic N) is 1. The topological polar surface area (TPSA) is 62.8 Å². The highest BCUT2D eigenvalue weighted by molar-refractivity contribution is 5.94. The van der Waals surface area contributed by atoms with Crippen molar-refractivity contribution in [3.63, 3.8) is 0 Å². The fourth-order valence-corrected chi connectivity index (χ4v) is 2.36. The Morgan fingerprint density at radius 2 is 2.09 bits per heavy atom. The van der Waals surface area contributed by atoms with Crippen molar-refractivity contribution in [3.8, 4) is 11.5 Å². The van der Waals surface area contributed by atoms with E-state index in [1.807, 2.05) is 0 Å². The van der Waals surface area contributed by atoms with Crippen LogP contribution in [0.4, 0.5) is 5.69 Å². The van der Waals surface area contributed by atoms with Crippen LogP contribution >= 0.6 is 12.4 Å². The summed E-state index contributed by atoms with van der Waals surface area (Å²) in [4.78, 5) is 14.3. The number of ether oxygens (including phenoxy) is 2. The van der Waals surface area contributed by atoms with E-state index >= 15 is 0 Å². The number of benzene rings is 1. The molecule has 0 spiro atoms. The molecular weight excluding hydrogens is 306 g/mol. The molecule has 124 valence electrons. The van der Waals surface area contributed by atoms with Crippen molar-refractivity contribution in [2.45, 2.75) is 6.42 Å². The van der Waals surface area contributed by atoms with E-state index < -0.39 is 0 Å². The smallest absolute Gasteiger partial charge is 0.238 e. The zero-order chi connectivity index (χ0) is 15.1. The zero-order valence-electron chi connectivity index (χ0n) is 13.1. The lowest BCUT2D eigenvalue weighted by molar-refractivity contribution is -0.117. The molecule has 0 aliphatic carbocycles. The number of nitrogens with one attached hydrogen (secondary N) is 2. The van der Waals surface area contributed by atoms with Gasteiger partial charge < -0.3 is 20.1 Å². The third-order valence-electron chi connectivity index (χ3n) is 3.48. The van der Waals surface area contributed by atoms with Gasteiger partial charge in [0.05, 0.1) is 26.5 Å². The summed E-state index contributed by atoms with van der Waals surface area (Å²) in [6.07, 6.45) is 1.07. The molecule has 0 saturated carbocycles. The molecule has 0 bridgehead atoms. The summed E-state index contributed by atoms with van der Waals surface area (Å²) < 4.78 is 10.4. The Bertz CT molecular complexity index is 477. The van der Waals surface area contributed by atoms with Crippen LogP contribution in [0.2, 0.25) is 0 Å². The summed E-state index contributed by atoms with van der Waals surface area (Å²) >= 11 is 0. The Balaban J connectivity index is 0.00000242. The Labute approximate surface area is 137 Å². The van der Waals surface area contributed by atoms with Crippen LogP contribution in [0.1, 0.15) is 6.42 Å². The molecule has 1 fully saturated rings. The molecule has 0 aromatic heterocycles. The van der Waals surface area contributed by atoms with Crippen LogP contribution in [0.5, 0.6) is 11.5 Å². The molecule has 1 aromatic carbocycles. The number of carbonyl (C=O) groups is 1. The summed E-state index contributed by atoms with van der Waals surface area (Å²) in [5.74, 6) is 1.27. The third kappa shape index (κ3) is 5.36. The Morgan fingerprint density at radius 1 is 1.27 bits per heavy atom. The number of halogens is 1. The number of hydrogen-bond donors (Lipinski definition) is 2. The summed E-state index contributed by atoms with van der Waals surface area (Å²) in [5, 5.41) is 6.22. The lowest BCUT2D eigenvalue weighted by atomic mass is 10.2. The number of anilines is 1. The van der Waals surface area contributed by atoms with Gasteiger partial charge in [-0.25, -0.2) is 0 Å². The van der Waals surface area contributed by atoms with Crippen molar-refractivity contribution in [1.29, 1.82) is 0 Å². The van der Waals surface area contributed by atoms with E-state index in [0.717, 1.165) is 32.6 Å². The molecule has 0 radical (unpaired) electrons. The van der Waals surface area contributed by atoms with Crippen LogP contribution < -0.4 is 20.1 Å². The van der Waals surface area contributed by atoms with Crippen LogP contribution in [0.15, 0.2) is 18.2 Å². The fourth-order valence-electron chi connectivity index (χ4n) is 2.36. The van der Waals surface area contributed by atoms with E-state index in [0.29, 0.717) is 23.7 Å². The second-order valence-electron chi connectivity index (χ2n) is 4.99. The minimum atomic E-state index is -0.0385. The maximum absolute atomic E-state index is 12.2. The number of methoxy groups -OCH3 is 2. The number of rotatable bonds is 5. The van der Waals surface area contributed by atoms with Crippen molar-refractivity contribution in [1.82, 2.24) is 10.2 Å². The van der Waals surface area contributed by atoms with E-state index in [1.54, 1.807) is 32.4 Å². The van der Waals surface area contributed by atoms with Gasteiger partial charge in [0.25, 0.3) is 0 Å². The SMILES string of the molecule is COc1ccc(OC)c(NC(=O)CN2CCCNCC2)c1.Cl. The lowest BCUT2D eigenvalue weighted by Gasteiger charge is -2.19. The molecule has 1 aliphatic rings. The van der Waals surface area contributed by atoms with Crippen LogP contribution in [-0.4, -0.2) is 57.8 Å². The maximum Gasteiger partial charge on any atom is 0.238 e. The van der Waals surface area contributed by atoms with Crippen LogP contribution in [0, 0.1) is 0 Å². The van der Waals surface area contributed by atoms with Crippen molar-refractivity contribution >= 4 is 24.0 Å². The first-order chi connectivity index (χ1) is 10.2. The highest BCUT2D eigenvalue weighted by Crippen LogP contribution is 2.28. The Hall–Kier alpha value is -1.50. The predicted octanol–water partition coefficient (Wildman–Crippen LogP) is 1.36. The van der Waals surface area contributed by atoms with Gasteiger partial charge in [-0.05, 0) is 31.6 Å². The monoisotopic (exact) mass is 329 g/mol. The van der Waals surface area contributed by atoms with Gasteiger partial charge in [-0.1, -0.05) is 0 Å². The minimum Gasteiger partial charge on any atom is -0.497 e. The number of amides is 1. The predicted molar refractivity (Wildman–Crippen MR) is 89.4 cm³/mol. The van der Waals surface area contributed by atoms with E-state index in [2.05, 4.69) is 15.5 Å². The summed E-state index contributed by atoms with van der Waals surface area (Å²) in [6.45, 7) is 4.16. The molecule has 0 atom stereocenters. The average Bonchev–Trinajstić information content (AvgIpc) is 2.75. The van der Waals surface area contributed by atoms with Gasteiger partial charge >= 0.3 is 0 Å². The largest absolute Gasteiger partial charge is 0.497 e. The second-order valence-corrected chi connectivity index (χ2v) is 4.99. The van der Waals surface area contributed by atoms with Crippen LogP contribution in [0.3, 0.4) is 0 Å². The molecule has 1 heterocycles. The fraction of sp³-hybridized carbons (Fsp3) is 0.533. The molecule has 22 heavy (non-hydrogen) atoms. The van der Waals surface area contributed by atoms with Gasteiger partial charge in [-0.2, -0.15) is 0 Å². The molecule has 1 amide bonds. The first-order valence-electron chi connectivity index (χ1n) is 7.18. The molecule has 2 rings (SSSR count). The molecule has 1 saturated heterocycles. The van der Waals surface area contributed by atoms with Crippen LogP contribution in [0.25, 0.3) is 0 Å². The molecule has 2 N–H and O–H groups in total. The highest BCUT2D eigenvalue weighted by Gasteiger charge is 2.14. The third-order valence-corrected chi connectivity index (χ3v) is 3.48. The summed E-state index contributed by atoms with van der Waals surface area (Å²) in [7, 11) is 3.18. The number of hydrogen-bond acceptors (Lipinski definition) is 5. The van der Waals surface area contributed by atoms with Gasteiger partial charge in [0, 0.05) is 19.2 Å². The van der Waals surface area contributed by atoms with E-state index in [9.17, 15) is 4.79 Å². The van der Waals surface area contributed by atoms with E-state index in [-0.39, 0.29) is 18.3 Å². The van der Waals surface area contributed by atoms with Gasteiger partial charge in [-0.15, -0.1) is 12.4 Å². The van der Waals surface area contributed by atoms with Gasteiger partial charge in [0.2, 0.25) is 5.91 Å². The molecule has 6 nitrogen and oxygen atoms in total. The maximum atomic E-state index is 12.2. The zero-order valence-corrected chi connectivity index (χ0v) is 13.9. The Kier molecular flexibility index (Phi) is 8.01. The summed E-state index contributed by atoms with van der Waals surface area (Å²) in [6, 6.07) is 5.35. The highest BCUT2D eigenvalue weighted by atomic mass is 35.5. The molecule has 1 aromatic rings. The second kappa shape index (κ2) is 9.50. The Morgan fingerprint density at radius 3 is 2.82 bits per heavy atom. The van der Waals surface area contributed by atoms with Crippen molar-refractivity contribution in [2.24, 2.45) is 0 Å². The first kappa shape index (κ1) is 18.5. The quantitative estimate of drug-likeness (QED) is 0.854. The van der Waals surface area contributed by atoms with Crippen molar-refractivity contribution < 1.29 is 14.3 Å². The van der Waals surface area contributed by atoms with Gasteiger partial charge in [0.1, 0.15) is 11.5 Å². The van der Waals surface area contributed by atoms with Gasteiger partial charge in [0.15, 0.2) is 0 Å². The molecule has 0 unspecified atom stereocenters. The standard InChI is InChI=1S/C15H23N3O3.ClH/c1-20-12-4-5-14(21-2)13(10-12)17-15(19)11-18-8-3-6-16-7-9-18;/h4-5,10,16H,3,6-9,11H2,1-2H3,(H,17,19);1H. The van der Waals surface area contributed by atoms with Gasteiger partial charge in [-0.3, -0.25) is 9.69 Å². The van der Waals surface area contributed by atoms with Crippen molar-refractivity contribution in [3.05, 3.63) is 18.2 Å². The number of carbonyl (C=O) groups excluding carboxylic acids is 1. The van der Waals surface area contributed by atoms with Crippen molar-refractivity contribution in [2.75, 3.05) is 52.3 Å². The normalized spacial score (nSPS) is 15.4. The average molecular weight is 330 g/mol. The molecular formula is C15H24ClN3O3. The molecule has 1 aliphatic heterocycles. The molecule has 7 heteroatoms. The van der Waals surface area contributed by atoms with E-state index in [4.69, 9.17) is 9.47 Å². The lowest BCUT2D eigenvalue weighted by Crippen LogP contribution is -2.35. The van der Waals surface area contributed by atoms with Crippen LogP contribution in [-0.2, 0) is 4.79 Å². The summed E-state index contributed by atoms with van der Waals surface area (Å²) in [5.41, 5.74) is 0.634.